The highest BCUT2D eigenvalue weighted by molar-refractivity contribution is 7.88. The van der Waals surface area contributed by atoms with Crippen LogP contribution < -0.4 is 10.5 Å². The van der Waals surface area contributed by atoms with Gasteiger partial charge in [0.2, 0.25) is 10.0 Å². The number of hydrogen-bond donors (Lipinski definition) is 1. The van der Waals surface area contributed by atoms with E-state index in [1.165, 1.54) is 4.31 Å². The molecule has 0 saturated heterocycles. The van der Waals surface area contributed by atoms with E-state index in [9.17, 15) is 8.42 Å². The number of rotatable bonds is 9. The van der Waals surface area contributed by atoms with Gasteiger partial charge in [0.25, 0.3) is 0 Å². The van der Waals surface area contributed by atoms with E-state index in [0.29, 0.717) is 37.4 Å². The molecule has 0 aliphatic rings. The van der Waals surface area contributed by atoms with Crippen molar-refractivity contribution in [3.8, 4) is 5.75 Å². The molecule has 5 nitrogen and oxygen atoms in total. The molecule has 0 fully saturated rings. The Balaban J connectivity index is 2.19. The fourth-order valence-electron chi connectivity index (χ4n) is 2.44. The minimum Gasteiger partial charge on any atom is -0.497 e. The smallest absolute Gasteiger partial charge is 0.218 e. The molecule has 24 heavy (non-hydrogen) atoms. The van der Waals surface area contributed by atoms with Gasteiger partial charge in [0.05, 0.1) is 12.9 Å². The SMILES string of the molecule is COc1cccc(CS(=O)(=O)N(CCCN)Cc2ccccc2)c1. The van der Waals surface area contributed by atoms with E-state index in [4.69, 9.17) is 10.5 Å². The molecular weight excluding hydrogens is 324 g/mol. The average molecular weight is 348 g/mol. The Bertz CT molecular complexity index is 733. The molecule has 6 heteroatoms. The molecule has 0 spiro atoms. The number of sulfonamides is 1. The summed E-state index contributed by atoms with van der Waals surface area (Å²) in [6.07, 6.45) is 0.629. The van der Waals surface area contributed by atoms with Crippen molar-refractivity contribution in [3.05, 3.63) is 65.7 Å². The van der Waals surface area contributed by atoms with Crippen molar-refractivity contribution < 1.29 is 13.2 Å². The summed E-state index contributed by atoms with van der Waals surface area (Å²) in [5.41, 5.74) is 7.24. The number of methoxy groups -OCH3 is 1. The van der Waals surface area contributed by atoms with E-state index in [-0.39, 0.29) is 5.75 Å². The Morgan fingerprint density at radius 3 is 2.42 bits per heavy atom. The van der Waals surface area contributed by atoms with Gasteiger partial charge in [0, 0.05) is 13.1 Å². The molecule has 2 N–H and O–H groups in total. The maximum Gasteiger partial charge on any atom is 0.218 e. The Morgan fingerprint density at radius 1 is 1.04 bits per heavy atom. The summed E-state index contributed by atoms with van der Waals surface area (Å²) in [7, 11) is -1.88. The van der Waals surface area contributed by atoms with Crippen molar-refractivity contribution in [1.82, 2.24) is 4.31 Å². The summed E-state index contributed by atoms with van der Waals surface area (Å²) in [6.45, 7) is 1.23. The maximum atomic E-state index is 12.9. The monoisotopic (exact) mass is 348 g/mol. The van der Waals surface area contributed by atoms with Gasteiger partial charge in [-0.25, -0.2) is 8.42 Å². The van der Waals surface area contributed by atoms with E-state index in [2.05, 4.69) is 0 Å². The zero-order valence-corrected chi connectivity index (χ0v) is 14.7. The van der Waals surface area contributed by atoms with Crippen LogP contribution in [0.4, 0.5) is 0 Å². The van der Waals surface area contributed by atoms with Crippen LogP contribution in [0.2, 0.25) is 0 Å². The van der Waals surface area contributed by atoms with Gasteiger partial charge in [0.1, 0.15) is 5.75 Å². The van der Waals surface area contributed by atoms with Gasteiger partial charge in [-0.15, -0.1) is 0 Å². The second-order valence-electron chi connectivity index (χ2n) is 5.57. The van der Waals surface area contributed by atoms with Gasteiger partial charge < -0.3 is 10.5 Å². The van der Waals surface area contributed by atoms with Crippen molar-refractivity contribution in [2.45, 2.75) is 18.7 Å². The van der Waals surface area contributed by atoms with Gasteiger partial charge in [-0.2, -0.15) is 4.31 Å². The van der Waals surface area contributed by atoms with Gasteiger partial charge in [0.15, 0.2) is 0 Å². The molecule has 2 aromatic rings. The quantitative estimate of drug-likeness (QED) is 0.755. The zero-order valence-electron chi connectivity index (χ0n) is 13.9. The summed E-state index contributed by atoms with van der Waals surface area (Å²) in [6, 6.07) is 16.7. The summed E-state index contributed by atoms with van der Waals surface area (Å²) >= 11 is 0. The lowest BCUT2D eigenvalue weighted by atomic mass is 10.2. The lowest BCUT2D eigenvalue weighted by Gasteiger charge is -2.22. The van der Waals surface area contributed by atoms with E-state index in [0.717, 1.165) is 5.56 Å². The molecule has 0 aromatic heterocycles. The minimum atomic E-state index is -3.45. The molecule has 0 aliphatic heterocycles. The van der Waals surface area contributed by atoms with Crippen LogP contribution in [0.15, 0.2) is 54.6 Å². The third-order valence-corrected chi connectivity index (χ3v) is 5.49. The average Bonchev–Trinajstić information content (AvgIpc) is 2.59. The lowest BCUT2D eigenvalue weighted by Crippen LogP contribution is -2.33. The van der Waals surface area contributed by atoms with Crippen LogP contribution in [0.5, 0.6) is 5.75 Å². The van der Waals surface area contributed by atoms with Crippen molar-refractivity contribution in [3.63, 3.8) is 0 Å². The van der Waals surface area contributed by atoms with Gasteiger partial charge in [-0.05, 0) is 36.2 Å². The normalized spacial score (nSPS) is 11.6. The Hall–Kier alpha value is -1.89. The van der Waals surface area contributed by atoms with Crippen LogP contribution in [0.25, 0.3) is 0 Å². The Labute approximate surface area is 144 Å². The van der Waals surface area contributed by atoms with Crippen molar-refractivity contribution >= 4 is 10.0 Å². The van der Waals surface area contributed by atoms with Crippen LogP contribution in [0, 0.1) is 0 Å². The topological polar surface area (TPSA) is 72.6 Å². The molecule has 130 valence electrons. The van der Waals surface area contributed by atoms with Crippen LogP contribution in [-0.4, -0.2) is 32.9 Å². The lowest BCUT2D eigenvalue weighted by molar-refractivity contribution is 0.400. The van der Waals surface area contributed by atoms with E-state index in [1.54, 1.807) is 31.4 Å². The third kappa shape index (κ3) is 5.33. The third-order valence-electron chi connectivity index (χ3n) is 3.69. The zero-order chi connectivity index (χ0) is 17.4. The summed E-state index contributed by atoms with van der Waals surface area (Å²) in [5.74, 6) is 0.598. The number of hydrogen-bond acceptors (Lipinski definition) is 4. The van der Waals surface area contributed by atoms with Crippen LogP contribution in [0.1, 0.15) is 17.5 Å². The minimum absolute atomic E-state index is 0.0540. The fourth-order valence-corrected chi connectivity index (χ4v) is 3.97. The van der Waals surface area contributed by atoms with Crippen LogP contribution in [-0.2, 0) is 22.3 Å². The standard InChI is InChI=1S/C18H24N2O3S/c1-23-18-10-5-9-17(13-18)15-24(21,22)20(12-6-11-19)14-16-7-3-2-4-8-16/h2-5,7-10,13H,6,11-12,14-15,19H2,1H3. The maximum absolute atomic E-state index is 12.9. The molecule has 0 aliphatic carbocycles. The molecular formula is C18H24N2O3S. The number of nitrogens with zero attached hydrogens (tertiary/aromatic N) is 1. The Morgan fingerprint density at radius 2 is 1.75 bits per heavy atom. The van der Waals surface area contributed by atoms with E-state index < -0.39 is 10.0 Å². The number of benzene rings is 2. The van der Waals surface area contributed by atoms with Gasteiger partial charge >= 0.3 is 0 Å². The van der Waals surface area contributed by atoms with E-state index >= 15 is 0 Å². The molecule has 0 saturated carbocycles. The first-order valence-electron chi connectivity index (χ1n) is 7.90. The molecule has 2 aromatic carbocycles. The molecule has 0 amide bonds. The second kappa shape index (κ2) is 8.82. The van der Waals surface area contributed by atoms with Gasteiger partial charge in [-0.3, -0.25) is 0 Å². The number of ether oxygens (including phenoxy) is 1. The summed E-state index contributed by atoms with van der Waals surface area (Å²) in [5, 5.41) is 0. The van der Waals surface area contributed by atoms with Crippen molar-refractivity contribution in [1.29, 1.82) is 0 Å². The van der Waals surface area contributed by atoms with E-state index in [1.807, 2.05) is 30.3 Å². The molecule has 0 radical (unpaired) electrons. The second-order valence-corrected chi connectivity index (χ2v) is 7.54. The highest BCUT2D eigenvalue weighted by Crippen LogP contribution is 2.18. The number of nitrogens with two attached hydrogens (primary N) is 1. The summed E-state index contributed by atoms with van der Waals surface area (Å²) in [4.78, 5) is 0. The van der Waals surface area contributed by atoms with Gasteiger partial charge in [-0.1, -0.05) is 42.5 Å². The fraction of sp³-hybridized carbons (Fsp3) is 0.333. The molecule has 0 unspecified atom stereocenters. The molecule has 0 heterocycles. The highest BCUT2D eigenvalue weighted by Gasteiger charge is 2.22. The van der Waals surface area contributed by atoms with Crippen molar-refractivity contribution in [2.24, 2.45) is 5.73 Å². The first-order chi connectivity index (χ1) is 11.5. The predicted octanol–water partition coefficient (Wildman–Crippen LogP) is 2.38. The molecule has 0 bridgehead atoms. The van der Waals surface area contributed by atoms with Crippen LogP contribution >= 0.6 is 0 Å². The summed E-state index contributed by atoms with van der Waals surface area (Å²) < 4.78 is 32.4. The molecule has 2 rings (SSSR count). The van der Waals surface area contributed by atoms with Crippen LogP contribution in [0.3, 0.4) is 0 Å². The molecule has 0 atom stereocenters. The first-order valence-corrected chi connectivity index (χ1v) is 9.51. The highest BCUT2D eigenvalue weighted by atomic mass is 32.2. The van der Waals surface area contributed by atoms with Crippen molar-refractivity contribution in [2.75, 3.05) is 20.2 Å². The largest absolute Gasteiger partial charge is 0.497 e. The predicted molar refractivity (Wildman–Crippen MR) is 96.1 cm³/mol. The first kappa shape index (κ1) is 18.4. The Kier molecular flexibility index (Phi) is 6.78.